The molecule has 0 spiro atoms. The van der Waals surface area contributed by atoms with Crippen molar-refractivity contribution in [1.82, 2.24) is 0 Å². The third kappa shape index (κ3) is 3.67. The van der Waals surface area contributed by atoms with Crippen LogP contribution in [0.25, 0.3) is 11.1 Å². The van der Waals surface area contributed by atoms with Gasteiger partial charge in [-0.05, 0) is 48.4 Å². The number of hydrogen-bond donors (Lipinski definition) is 1. The fraction of sp³-hybridized carbons (Fsp3) is 0.150. The maximum atomic E-state index is 12.6. The van der Waals surface area contributed by atoms with E-state index in [2.05, 4.69) is 5.32 Å². The van der Waals surface area contributed by atoms with Crippen molar-refractivity contribution in [1.29, 1.82) is 0 Å². The number of methoxy groups -OCH3 is 2. The standard InChI is InChI=1S/C20H19NO3S/c1-13-16(14-8-10-15(23-2)11-9-14)12-19(25-13)20(22)21-17-6-4-5-7-18(17)24-3/h4-12H,1-3H3,(H,21,22). The molecule has 5 heteroatoms. The molecule has 0 atom stereocenters. The summed E-state index contributed by atoms with van der Waals surface area (Å²) in [7, 11) is 3.23. The van der Waals surface area contributed by atoms with E-state index in [0.717, 1.165) is 21.8 Å². The van der Waals surface area contributed by atoms with Gasteiger partial charge in [0.1, 0.15) is 11.5 Å². The lowest BCUT2D eigenvalue weighted by molar-refractivity contribution is 0.103. The Kier molecular flexibility index (Phi) is 5.05. The van der Waals surface area contributed by atoms with Crippen LogP contribution in [0.1, 0.15) is 14.5 Å². The van der Waals surface area contributed by atoms with Gasteiger partial charge in [0.15, 0.2) is 0 Å². The summed E-state index contributed by atoms with van der Waals surface area (Å²) in [5.41, 5.74) is 2.77. The lowest BCUT2D eigenvalue weighted by Gasteiger charge is -2.08. The molecule has 1 N–H and O–H groups in total. The van der Waals surface area contributed by atoms with E-state index < -0.39 is 0 Å². The highest BCUT2D eigenvalue weighted by molar-refractivity contribution is 7.14. The van der Waals surface area contributed by atoms with Crippen LogP contribution in [0.5, 0.6) is 11.5 Å². The minimum atomic E-state index is -0.141. The molecule has 0 aliphatic rings. The number of thiophene rings is 1. The van der Waals surface area contributed by atoms with Crippen LogP contribution in [-0.2, 0) is 0 Å². The number of carbonyl (C=O) groups excluding carboxylic acids is 1. The van der Waals surface area contributed by atoms with Crippen LogP contribution >= 0.6 is 11.3 Å². The first-order chi connectivity index (χ1) is 12.1. The van der Waals surface area contributed by atoms with Crippen LogP contribution < -0.4 is 14.8 Å². The molecule has 2 aromatic carbocycles. The molecule has 4 nitrogen and oxygen atoms in total. The molecule has 0 radical (unpaired) electrons. The predicted molar refractivity (Wildman–Crippen MR) is 102 cm³/mol. The number of hydrogen-bond acceptors (Lipinski definition) is 4. The Bertz CT molecular complexity index is 884. The van der Waals surface area contributed by atoms with Gasteiger partial charge in [-0.25, -0.2) is 0 Å². The molecule has 1 amide bonds. The molecule has 1 heterocycles. The van der Waals surface area contributed by atoms with Gasteiger partial charge in [0, 0.05) is 4.88 Å². The van der Waals surface area contributed by atoms with Crippen LogP contribution in [0.3, 0.4) is 0 Å². The smallest absolute Gasteiger partial charge is 0.265 e. The van der Waals surface area contributed by atoms with Crippen molar-refractivity contribution in [3.8, 4) is 22.6 Å². The van der Waals surface area contributed by atoms with Crippen LogP contribution in [0.15, 0.2) is 54.6 Å². The summed E-state index contributed by atoms with van der Waals surface area (Å²) in [5, 5.41) is 2.91. The number of rotatable bonds is 5. The Hall–Kier alpha value is -2.79. The van der Waals surface area contributed by atoms with E-state index in [-0.39, 0.29) is 5.91 Å². The number of ether oxygens (including phenoxy) is 2. The molecule has 1 aromatic heterocycles. The molecule has 0 aliphatic carbocycles. The molecule has 0 aliphatic heterocycles. The third-order valence-electron chi connectivity index (χ3n) is 3.90. The Balaban J connectivity index is 1.84. The van der Waals surface area contributed by atoms with Crippen molar-refractivity contribution in [2.24, 2.45) is 0 Å². The third-order valence-corrected chi connectivity index (χ3v) is 4.95. The predicted octanol–water partition coefficient (Wildman–Crippen LogP) is 4.99. The molecule has 0 saturated carbocycles. The fourth-order valence-electron chi connectivity index (χ4n) is 2.58. The molecular formula is C20H19NO3S. The summed E-state index contributed by atoms with van der Waals surface area (Å²) in [5.74, 6) is 1.31. The van der Waals surface area contributed by atoms with E-state index in [4.69, 9.17) is 9.47 Å². The summed E-state index contributed by atoms with van der Waals surface area (Å²) in [6, 6.07) is 17.1. The lowest BCUT2D eigenvalue weighted by atomic mass is 10.1. The van der Waals surface area contributed by atoms with Crippen molar-refractivity contribution in [2.75, 3.05) is 19.5 Å². The first-order valence-corrected chi connectivity index (χ1v) is 8.63. The summed E-state index contributed by atoms with van der Waals surface area (Å²) in [6.07, 6.45) is 0. The molecule has 128 valence electrons. The molecule has 25 heavy (non-hydrogen) atoms. The first kappa shape index (κ1) is 17.0. The Labute approximate surface area is 151 Å². The molecule has 0 unspecified atom stereocenters. The molecule has 0 saturated heterocycles. The maximum Gasteiger partial charge on any atom is 0.265 e. The van der Waals surface area contributed by atoms with Gasteiger partial charge >= 0.3 is 0 Å². The monoisotopic (exact) mass is 353 g/mol. The van der Waals surface area contributed by atoms with Crippen molar-refractivity contribution in [3.05, 3.63) is 64.4 Å². The first-order valence-electron chi connectivity index (χ1n) is 7.81. The number of para-hydroxylation sites is 2. The van der Waals surface area contributed by atoms with Crippen LogP contribution in [0.2, 0.25) is 0 Å². The fourth-order valence-corrected chi connectivity index (χ4v) is 3.52. The van der Waals surface area contributed by atoms with Gasteiger partial charge in [-0.1, -0.05) is 24.3 Å². The van der Waals surface area contributed by atoms with Crippen LogP contribution in [-0.4, -0.2) is 20.1 Å². The van der Waals surface area contributed by atoms with E-state index in [1.807, 2.05) is 61.5 Å². The van der Waals surface area contributed by atoms with Gasteiger partial charge in [0.2, 0.25) is 0 Å². The molecule has 0 fully saturated rings. The second-order valence-corrected chi connectivity index (χ2v) is 6.72. The Morgan fingerprint density at radius 1 is 1.00 bits per heavy atom. The number of carbonyl (C=O) groups is 1. The normalized spacial score (nSPS) is 10.4. The largest absolute Gasteiger partial charge is 0.497 e. The zero-order valence-corrected chi connectivity index (χ0v) is 15.1. The van der Waals surface area contributed by atoms with Crippen LogP contribution in [0, 0.1) is 6.92 Å². The van der Waals surface area contributed by atoms with E-state index in [9.17, 15) is 4.79 Å². The summed E-state index contributed by atoms with van der Waals surface area (Å²) in [6.45, 7) is 2.02. The van der Waals surface area contributed by atoms with E-state index in [1.54, 1.807) is 14.2 Å². The van der Waals surface area contributed by atoms with Gasteiger partial charge in [-0.2, -0.15) is 0 Å². The SMILES string of the molecule is COc1ccc(-c2cc(C(=O)Nc3ccccc3OC)sc2C)cc1. The van der Waals surface area contributed by atoms with Crippen molar-refractivity contribution in [2.45, 2.75) is 6.92 Å². The Morgan fingerprint density at radius 2 is 1.72 bits per heavy atom. The highest BCUT2D eigenvalue weighted by atomic mass is 32.1. The van der Waals surface area contributed by atoms with E-state index in [1.165, 1.54) is 11.3 Å². The second kappa shape index (κ2) is 7.40. The van der Waals surface area contributed by atoms with E-state index in [0.29, 0.717) is 16.3 Å². The molecule has 0 bridgehead atoms. The molecule has 3 rings (SSSR count). The number of aryl methyl sites for hydroxylation is 1. The zero-order valence-electron chi connectivity index (χ0n) is 14.3. The van der Waals surface area contributed by atoms with Gasteiger partial charge in [-0.15, -0.1) is 11.3 Å². The van der Waals surface area contributed by atoms with Crippen LogP contribution in [0.4, 0.5) is 5.69 Å². The van der Waals surface area contributed by atoms with Gasteiger partial charge in [-0.3, -0.25) is 4.79 Å². The molecule has 3 aromatic rings. The van der Waals surface area contributed by atoms with E-state index >= 15 is 0 Å². The number of nitrogens with one attached hydrogen (secondary N) is 1. The minimum Gasteiger partial charge on any atom is -0.497 e. The Morgan fingerprint density at radius 3 is 2.40 bits per heavy atom. The molecular weight excluding hydrogens is 334 g/mol. The number of anilines is 1. The summed E-state index contributed by atoms with van der Waals surface area (Å²) < 4.78 is 10.5. The quantitative estimate of drug-likeness (QED) is 0.703. The second-order valence-electron chi connectivity index (χ2n) is 5.46. The number of amides is 1. The van der Waals surface area contributed by atoms with Gasteiger partial charge in [0.25, 0.3) is 5.91 Å². The summed E-state index contributed by atoms with van der Waals surface area (Å²) >= 11 is 1.48. The summed E-state index contributed by atoms with van der Waals surface area (Å²) in [4.78, 5) is 14.4. The highest BCUT2D eigenvalue weighted by Gasteiger charge is 2.15. The van der Waals surface area contributed by atoms with Gasteiger partial charge < -0.3 is 14.8 Å². The number of benzene rings is 2. The van der Waals surface area contributed by atoms with Crippen molar-refractivity contribution < 1.29 is 14.3 Å². The van der Waals surface area contributed by atoms with Crippen molar-refractivity contribution in [3.63, 3.8) is 0 Å². The minimum absolute atomic E-state index is 0.141. The highest BCUT2D eigenvalue weighted by Crippen LogP contribution is 2.33. The van der Waals surface area contributed by atoms with Crippen molar-refractivity contribution >= 4 is 22.9 Å². The topological polar surface area (TPSA) is 47.6 Å². The lowest BCUT2D eigenvalue weighted by Crippen LogP contribution is -2.10. The average Bonchev–Trinajstić information content (AvgIpc) is 3.04. The zero-order chi connectivity index (χ0) is 17.8. The van der Waals surface area contributed by atoms with Gasteiger partial charge in [0.05, 0.1) is 24.8 Å². The maximum absolute atomic E-state index is 12.6. The average molecular weight is 353 g/mol.